The maximum atomic E-state index is 13.1. The topological polar surface area (TPSA) is 58.6 Å². The maximum Gasteiger partial charge on any atom is 0.261 e. The Morgan fingerprint density at radius 2 is 1.73 bits per heavy atom. The third-order valence-electron chi connectivity index (χ3n) is 5.48. The summed E-state index contributed by atoms with van der Waals surface area (Å²) in [6.07, 6.45) is 0.834. The second kappa shape index (κ2) is 10.8. The molecule has 5 heteroatoms. The molecule has 0 saturated carbocycles. The van der Waals surface area contributed by atoms with Gasteiger partial charge in [0.15, 0.2) is 6.61 Å². The summed E-state index contributed by atoms with van der Waals surface area (Å²) in [5, 5.41) is 2.97. The summed E-state index contributed by atoms with van der Waals surface area (Å²) in [6, 6.07) is 13.2. The van der Waals surface area contributed by atoms with Gasteiger partial charge in [0.2, 0.25) is 5.91 Å². The summed E-state index contributed by atoms with van der Waals surface area (Å²) >= 11 is 0. The molecule has 0 saturated heterocycles. The molecule has 0 aromatic heterocycles. The van der Waals surface area contributed by atoms with Crippen molar-refractivity contribution in [3.8, 4) is 5.75 Å². The Hall–Kier alpha value is -2.82. The van der Waals surface area contributed by atoms with E-state index in [0.717, 1.165) is 28.7 Å². The Kier molecular flexibility index (Phi) is 8.46. The van der Waals surface area contributed by atoms with Crippen LogP contribution in [0.15, 0.2) is 42.5 Å². The molecule has 2 aromatic rings. The van der Waals surface area contributed by atoms with Crippen LogP contribution in [-0.4, -0.2) is 35.4 Å². The third-order valence-corrected chi connectivity index (χ3v) is 5.48. The zero-order chi connectivity index (χ0) is 22.3. The van der Waals surface area contributed by atoms with Crippen molar-refractivity contribution in [3.63, 3.8) is 0 Å². The van der Waals surface area contributed by atoms with Crippen LogP contribution in [-0.2, 0) is 16.1 Å². The molecule has 2 atom stereocenters. The smallest absolute Gasteiger partial charge is 0.261 e. The molecular formula is C25H34N2O3. The molecule has 2 amide bonds. The molecule has 0 bridgehead atoms. The van der Waals surface area contributed by atoms with E-state index in [4.69, 9.17) is 4.74 Å². The predicted octanol–water partition coefficient (Wildman–Crippen LogP) is 4.32. The van der Waals surface area contributed by atoms with E-state index in [9.17, 15) is 9.59 Å². The van der Waals surface area contributed by atoms with Gasteiger partial charge in [0.05, 0.1) is 0 Å². The number of hydrogen-bond acceptors (Lipinski definition) is 3. The molecule has 162 valence electrons. The van der Waals surface area contributed by atoms with Crippen LogP contribution in [0, 0.1) is 20.8 Å². The van der Waals surface area contributed by atoms with Crippen molar-refractivity contribution in [2.24, 2.45) is 0 Å². The number of carbonyl (C=O) groups is 2. The Morgan fingerprint density at radius 3 is 2.37 bits per heavy atom. The molecule has 0 heterocycles. The van der Waals surface area contributed by atoms with Gasteiger partial charge in [0.1, 0.15) is 11.8 Å². The van der Waals surface area contributed by atoms with E-state index in [1.807, 2.05) is 71.0 Å². The molecule has 0 radical (unpaired) electrons. The van der Waals surface area contributed by atoms with Crippen LogP contribution in [0.2, 0.25) is 0 Å². The molecule has 1 N–H and O–H groups in total. The van der Waals surface area contributed by atoms with Crippen LogP contribution < -0.4 is 10.1 Å². The molecule has 0 spiro atoms. The standard InChI is InChI=1S/C25H34N2O3/c1-7-19(4)26-25(29)21(6)27(15-22-11-9-8-10-12-22)24(28)16-30-23-14-17(2)13-18(3)20(23)5/h8-14,19,21H,7,15-16H2,1-6H3,(H,26,29)/t19-,21-/m0/s1. The average Bonchev–Trinajstić information content (AvgIpc) is 2.73. The minimum Gasteiger partial charge on any atom is -0.483 e. The van der Waals surface area contributed by atoms with Gasteiger partial charge in [-0.25, -0.2) is 0 Å². The van der Waals surface area contributed by atoms with Crippen LogP contribution in [0.4, 0.5) is 0 Å². The van der Waals surface area contributed by atoms with Crippen molar-refractivity contribution < 1.29 is 14.3 Å². The number of amides is 2. The summed E-state index contributed by atoms with van der Waals surface area (Å²) in [7, 11) is 0. The zero-order valence-corrected chi connectivity index (χ0v) is 19.0. The molecule has 0 fully saturated rings. The van der Waals surface area contributed by atoms with Crippen LogP contribution in [0.25, 0.3) is 0 Å². The number of ether oxygens (including phenoxy) is 1. The zero-order valence-electron chi connectivity index (χ0n) is 19.0. The van der Waals surface area contributed by atoms with Crippen LogP contribution in [0.1, 0.15) is 49.4 Å². The first-order valence-electron chi connectivity index (χ1n) is 10.6. The normalized spacial score (nSPS) is 12.7. The van der Waals surface area contributed by atoms with Crippen molar-refractivity contribution in [2.75, 3.05) is 6.61 Å². The van der Waals surface area contributed by atoms with E-state index in [0.29, 0.717) is 12.3 Å². The van der Waals surface area contributed by atoms with Gasteiger partial charge in [-0.3, -0.25) is 9.59 Å². The highest BCUT2D eigenvalue weighted by atomic mass is 16.5. The van der Waals surface area contributed by atoms with Gasteiger partial charge < -0.3 is 15.0 Å². The first-order chi connectivity index (χ1) is 14.2. The number of rotatable bonds is 9. The molecule has 0 unspecified atom stereocenters. The van der Waals surface area contributed by atoms with E-state index < -0.39 is 6.04 Å². The molecule has 0 aliphatic rings. The minimum atomic E-state index is -0.601. The highest BCUT2D eigenvalue weighted by molar-refractivity contribution is 5.88. The quantitative estimate of drug-likeness (QED) is 0.670. The number of nitrogens with one attached hydrogen (secondary N) is 1. The number of benzene rings is 2. The van der Waals surface area contributed by atoms with E-state index in [2.05, 4.69) is 11.4 Å². The number of hydrogen-bond donors (Lipinski definition) is 1. The van der Waals surface area contributed by atoms with E-state index in [1.54, 1.807) is 11.8 Å². The lowest BCUT2D eigenvalue weighted by molar-refractivity contribution is -0.142. The lowest BCUT2D eigenvalue weighted by Crippen LogP contribution is -2.50. The summed E-state index contributed by atoms with van der Waals surface area (Å²) < 4.78 is 5.89. The molecule has 2 aromatic carbocycles. The number of nitrogens with zero attached hydrogens (tertiary/aromatic N) is 1. The first kappa shape index (κ1) is 23.5. The fourth-order valence-corrected chi connectivity index (χ4v) is 3.20. The summed E-state index contributed by atoms with van der Waals surface area (Å²) in [4.78, 5) is 27.4. The SMILES string of the molecule is CC[C@H](C)NC(=O)[C@H](C)N(Cc1ccccc1)C(=O)COc1cc(C)cc(C)c1C. The second-order valence-electron chi connectivity index (χ2n) is 7.99. The van der Waals surface area contributed by atoms with Gasteiger partial charge >= 0.3 is 0 Å². The Morgan fingerprint density at radius 1 is 1.07 bits per heavy atom. The van der Waals surface area contributed by atoms with Crippen molar-refractivity contribution in [1.82, 2.24) is 10.2 Å². The van der Waals surface area contributed by atoms with Gasteiger partial charge in [-0.2, -0.15) is 0 Å². The summed E-state index contributed by atoms with van der Waals surface area (Å²) in [5.74, 6) is 0.331. The molecule has 30 heavy (non-hydrogen) atoms. The summed E-state index contributed by atoms with van der Waals surface area (Å²) in [5.41, 5.74) is 4.20. The van der Waals surface area contributed by atoms with E-state index in [1.165, 1.54) is 0 Å². The van der Waals surface area contributed by atoms with Gasteiger partial charge in [-0.05, 0) is 69.4 Å². The highest BCUT2D eigenvalue weighted by Crippen LogP contribution is 2.23. The fraction of sp³-hybridized carbons (Fsp3) is 0.440. The summed E-state index contributed by atoms with van der Waals surface area (Å²) in [6.45, 7) is 12.0. The highest BCUT2D eigenvalue weighted by Gasteiger charge is 2.27. The lowest BCUT2D eigenvalue weighted by Gasteiger charge is -2.29. The van der Waals surface area contributed by atoms with Crippen molar-refractivity contribution in [3.05, 3.63) is 64.7 Å². The van der Waals surface area contributed by atoms with Gasteiger partial charge in [0.25, 0.3) is 5.91 Å². The predicted molar refractivity (Wildman–Crippen MR) is 120 cm³/mol. The largest absolute Gasteiger partial charge is 0.483 e. The first-order valence-corrected chi connectivity index (χ1v) is 10.6. The van der Waals surface area contributed by atoms with Crippen molar-refractivity contribution >= 4 is 11.8 Å². The van der Waals surface area contributed by atoms with Crippen molar-refractivity contribution in [2.45, 2.75) is 66.6 Å². The van der Waals surface area contributed by atoms with Crippen LogP contribution >= 0.6 is 0 Å². The van der Waals surface area contributed by atoms with Gasteiger partial charge in [0, 0.05) is 12.6 Å². The second-order valence-corrected chi connectivity index (χ2v) is 7.99. The average molecular weight is 411 g/mol. The number of carbonyl (C=O) groups excluding carboxylic acids is 2. The lowest BCUT2D eigenvalue weighted by atomic mass is 10.1. The molecule has 2 rings (SSSR count). The van der Waals surface area contributed by atoms with Gasteiger partial charge in [-0.1, -0.05) is 43.3 Å². The molecule has 0 aliphatic carbocycles. The number of aryl methyl sites for hydroxylation is 2. The molecule has 0 aliphatic heterocycles. The third kappa shape index (κ3) is 6.34. The Labute approximate surface area is 180 Å². The Balaban J connectivity index is 2.18. The Bertz CT molecular complexity index is 864. The monoisotopic (exact) mass is 410 g/mol. The molecule has 5 nitrogen and oxygen atoms in total. The van der Waals surface area contributed by atoms with Crippen LogP contribution in [0.3, 0.4) is 0 Å². The van der Waals surface area contributed by atoms with Gasteiger partial charge in [-0.15, -0.1) is 0 Å². The van der Waals surface area contributed by atoms with Crippen molar-refractivity contribution in [1.29, 1.82) is 0 Å². The maximum absolute atomic E-state index is 13.1. The van der Waals surface area contributed by atoms with E-state index >= 15 is 0 Å². The minimum absolute atomic E-state index is 0.0581. The fourth-order valence-electron chi connectivity index (χ4n) is 3.20. The molecular weight excluding hydrogens is 376 g/mol. The van der Waals surface area contributed by atoms with E-state index in [-0.39, 0.29) is 24.5 Å². The van der Waals surface area contributed by atoms with Crippen LogP contribution in [0.5, 0.6) is 5.75 Å².